The highest BCUT2D eigenvalue weighted by Crippen LogP contribution is 2.29. The molecule has 0 aromatic heterocycles. The number of allylic oxidation sites excluding steroid dienone is 2. The minimum Gasteiger partial charge on any atom is -0.479 e. The van der Waals surface area contributed by atoms with Crippen molar-refractivity contribution < 1.29 is 24.5 Å². The number of carboxylic acids is 1. The predicted octanol–water partition coefficient (Wildman–Crippen LogP) is 1.75. The molecular weight excluding hydrogens is 236 g/mol. The van der Waals surface area contributed by atoms with Gasteiger partial charge in [0.25, 0.3) is 0 Å². The van der Waals surface area contributed by atoms with Crippen molar-refractivity contribution >= 4 is 11.9 Å². The molecule has 0 spiro atoms. The molecule has 0 aliphatic heterocycles. The molecule has 2 unspecified atom stereocenters. The molecule has 0 bridgehead atoms. The van der Waals surface area contributed by atoms with Crippen LogP contribution in [0.25, 0.3) is 0 Å². The van der Waals surface area contributed by atoms with Gasteiger partial charge in [0.2, 0.25) is 0 Å². The minimum absolute atomic E-state index is 0.415. The van der Waals surface area contributed by atoms with Crippen molar-refractivity contribution in [1.82, 2.24) is 0 Å². The molecule has 0 aromatic carbocycles. The third-order valence-electron chi connectivity index (χ3n) is 2.99. The number of hydrogen-bond donors (Lipinski definition) is 2. The third-order valence-corrected chi connectivity index (χ3v) is 2.99. The van der Waals surface area contributed by atoms with Gasteiger partial charge in [-0.15, -0.1) is 0 Å². The molecule has 0 radical (unpaired) electrons. The summed E-state index contributed by atoms with van der Waals surface area (Å²) >= 11 is 0. The lowest BCUT2D eigenvalue weighted by atomic mass is 9.80. The van der Waals surface area contributed by atoms with Crippen LogP contribution < -0.4 is 0 Å². The number of rotatable bonds is 7. The molecule has 0 rings (SSSR count). The van der Waals surface area contributed by atoms with E-state index >= 15 is 0 Å². The number of aliphatic hydroxyl groups is 1. The smallest absolute Gasteiger partial charge is 0.336 e. The van der Waals surface area contributed by atoms with E-state index in [0.717, 1.165) is 5.57 Å². The van der Waals surface area contributed by atoms with Gasteiger partial charge in [-0.2, -0.15) is 0 Å². The van der Waals surface area contributed by atoms with Gasteiger partial charge < -0.3 is 14.9 Å². The Morgan fingerprint density at radius 2 is 1.94 bits per heavy atom. The van der Waals surface area contributed by atoms with Crippen LogP contribution in [0.1, 0.15) is 40.0 Å². The van der Waals surface area contributed by atoms with Crippen LogP contribution in [0.15, 0.2) is 11.6 Å². The van der Waals surface area contributed by atoms with E-state index in [4.69, 9.17) is 5.11 Å². The van der Waals surface area contributed by atoms with Crippen molar-refractivity contribution in [2.24, 2.45) is 5.92 Å². The summed E-state index contributed by atoms with van der Waals surface area (Å²) in [6.07, 6.45) is 2.20. The van der Waals surface area contributed by atoms with Gasteiger partial charge in [-0.25, -0.2) is 4.79 Å². The highest BCUT2D eigenvalue weighted by molar-refractivity contribution is 5.84. The maximum atomic E-state index is 11.2. The zero-order valence-electron chi connectivity index (χ0n) is 11.4. The van der Waals surface area contributed by atoms with Gasteiger partial charge in [0.15, 0.2) is 5.60 Å². The van der Waals surface area contributed by atoms with Crippen molar-refractivity contribution in [2.75, 3.05) is 7.11 Å². The van der Waals surface area contributed by atoms with Gasteiger partial charge in [0.1, 0.15) is 0 Å². The van der Waals surface area contributed by atoms with Crippen LogP contribution in [0.5, 0.6) is 0 Å². The molecule has 104 valence electrons. The average molecular weight is 258 g/mol. The third kappa shape index (κ3) is 4.49. The Morgan fingerprint density at radius 1 is 1.39 bits per heavy atom. The quantitative estimate of drug-likeness (QED) is 0.537. The fourth-order valence-corrected chi connectivity index (χ4v) is 1.76. The second kappa shape index (κ2) is 7.16. The maximum Gasteiger partial charge on any atom is 0.336 e. The zero-order chi connectivity index (χ0) is 14.3. The van der Waals surface area contributed by atoms with Gasteiger partial charge in [-0.3, -0.25) is 4.79 Å². The molecule has 0 saturated carbocycles. The molecule has 18 heavy (non-hydrogen) atoms. The van der Waals surface area contributed by atoms with Crippen LogP contribution >= 0.6 is 0 Å². The molecule has 0 aromatic rings. The number of aliphatic carboxylic acids is 1. The summed E-state index contributed by atoms with van der Waals surface area (Å²) in [5, 5.41) is 19.4. The van der Waals surface area contributed by atoms with E-state index in [1.165, 1.54) is 7.11 Å². The van der Waals surface area contributed by atoms with Gasteiger partial charge >= 0.3 is 11.9 Å². The predicted molar refractivity (Wildman–Crippen MR) is 67.0 cm³/mol. The van der Waals surface area contributed by atoms with E-state index in [1.807, 2.05) is 19.9 Å². The summed E-state index contributed by atoms with van der Waals surface area (Å²) in [5.74, 6) is -2.64. The molecule has 2 atom stereocenters. The second-order valence-electron chi connectivity index (χ2n) is 4.60. The molecular formula is C13H22O5. The number of esters is 1. The van der Waals surface area contributed by atoms with Gasteiger partial charge in [0.05, 0.1) is 13.5 Å². The number of methoxy groups -OCH3 is 1. The van der Waals surface area contributed by atoms with Crippen LogP contribution in [0, 0.1) is 5.92 Å². The maximum absolute atomic E-state index is 11.2. The lowest BCUT2D eigenvalue weighted by Gasteiger charge is -2.30. The Hall–Kier alpha value is -1.36. The minimum atomic E-state index is -2.08. The van der Waals surface area contributed by atoms with E-state index in [2.05, 4.69) is 4.74 Å². The second-order valence-corrected chi connectivity index (χ2v) is 4.60. The molecule has 5 heteroatoms. The zero-order valence-corrected chi connectivity index (χ0v) is 11.4. The highest BCUT2D eigenvalue weighted by atomic mass is 16.5. The first kappa shape index (κ1) is 16.6. The van der Waals surface area contributed by atoms with Gasteiger partial charge in [0, 0.05) is 5.92 Å². The molecule has 0 amide bonds. The first-order valence-corrected chi connectivity index (χ1v) is 5.93. The Labute approximate surface area is 107 Å². The SMILES string of the molecule is CCC(CC=C(C)C)C(O)(CC(=O)OC)C(=O)O. The topological polar surface area (TPSA) is 83.8 Å². The molecule has 0 heterocycles. The summed E-state index contributed by atoms with van der Waals surface area (Å²) < 4.78 is 4.44. The molecule has 0 saturated heterocycles. The Balaban J connectivity index is 5.09. The van der Waals surface area contributed by atoms with Crippen LogP contribution in [0.3, 0.4) is 0 Å². The summed E-state index contributed by atoms with van der Waals surface area (Å²) in [7, 11) is 1.17. The Morgan fingerprint density at radius 3 is 2.28 bits per heavy atom. The number of carboxylic acid groups (broad SMARTS) is 1. The van der Waals surface area contributed by atoms with Crippen molar-refractivity contribution in [3.05, 3.63) is 11.6 Å². The molecule has 0 fully saturated rings. The monoisotopic (exact) mass is 258 g/mol. The van der Waals surface area contributed by atoms with Crippen molar-refractivity contribution in [3.8, 4) is 0 Å². The highest BCUT2D eigenvalue weighted by Gasteiger charge is 2.44. The standard InChI is InChI=1S/C13H22O5/c1-5-10(7-6-9(2)3)13(17,12(15)16)8-11(14)18-4/h6,10,17H,5,7-8H2,1-4H3,(H,15,16). The number of hydrogen-bond acceptors (Lipinski definition) is 4. The number of ether oxygens (including phenoxy) is 1. The van der Waals surface area contributed by atoms with Crippen LogP contribution in [0.4, 0.5) is 0 Å². The summed E-state index contributed by atoms with van der Waals surface area (Å²) in [4.78, 5) is 22.5. The summed E-state index contributed by atoms with van der Waals surface area (Å²) in [6, 6.07) is 0. The van der Waals surface area contributed by atoms with E-state index in [9.17, 15) is 14.7 Å². The van der Waals surface area contributed by atoms with Gasteiger partial charge in [-0.1, -0.05) is 18.6 Å². The number of carbonyl (C=O) groups is 2. The van der Waals surface area contributed by atoms with Crippen molar-refractivity contribution in [1.29, 1.82) is 0 Å². The molecule has 0 aliphatic carbocycles. The molecule has 5 nitrogen and oxygen atoms in total. The van der Waals surface area contributed by atoms with E-state index in [0.29, 0.717) is 12.8 Å². The van der Waals surface area contributed by atoms with Crippen LogP contribution in [-0.4, -0.2) is 34.9 Å². The fourth-order valence-electron chi connectivity index (χ4n) is 1.76. The first-order chi connectivity index (χ1) is 8.27. The van der Waals surface area contributed by atoms with Crippen molar-refractivity contribution in [3.63, 3.8) is 0 Å². The normalized spacial score (nSPS) is 15.4. The Bertz CT molecular complexity index is 330. The van der Waals surface area contributed by atoms with E-state index in [-0.39, 0.29) is 0 Å². The fraction of sp³-hybridized carbons (Fsp3) is 0.692. The summed E-state index contributed by atoms with van der Waals surface area (Å²) in [6.45, 7) is 5.58. The lowest BCUT2D eigenvalue weighted by molar-refractivity contribution is -0.173. The molecule has 2 N–H and O–H groups in total. The Kier molecular flexibility index (Phi) is 6.62. The number of carbonyl (C=O) groups excluding carboxylic acids is 1. The lowest BCUT2D eigenvalue weighted by Crippen LogP contribution is -2.47. The van der Waals surface area contributed by atoms with Gasteiger partial charge in [-0.05, 0) is 26.7 Å². The molecule has 0 aliphatic rings. The van der Waals surface area contributed by atoms with E-state index in [1.54, 1.807) is 6.92 Å². The largest absolute Gasteiger partial charge is 0.479 e. The van der Waals surface area contributed by atoms with E-state index < -0.39 is 29.9 Å². The van der Waals surface area contributed by atoms with Crippen molar-refractivity contribution in [2.45, 2.75) is 45.6 Å². The first-order valence-electron chi connectivity index (χ1n) is 5.93. The average Bonchev–Trinajstić information content (AvgIpc) is 2.28. The van der Waals surface area contributed by atoms with Crippen LogP contribution in [-0.2, 0) is 14.3 Å². The summed E-state index contributed by atoms with van der Waals surface area (Å²) in [5.41, 5.74) is -1.03. The van der Waals surface area contributed by atoms with Crippen LogP contribution in [0.2, 0.25) is 0 Å².